The van der Waals surface area contributed by atoms with E-state index in [1.807, 2.05) is 0 Å². The molecule has 18 heavy (non-hydrogen) atoms. The number of carbonyl (C=O) groups is 1. The first kappa shape index (κ1) is 16.9. The van der Waals surface area contributed by atoms with Gasteiger partial charge in [-0.1, -0.05) is 56.9 Å². The predicted octanol–water partition coefficient (Wildman–Crippen LogP) is 5.10. The second-order valence-corrected chi connectivity index (χ2v) is 4.67. The summed E-state index contributed by atoms with van der Waals surface area (Å²) in [5.41, 5.74) is 0. The van der Waals surface area contributed by atoms with Crippen molar-refractivity contribution in [2.45, 2.75) is 71.1 Å². The van der Waals surface area contributed by atoms with Crippen LogP contribution in [0.4, 0.5) is 0 Å². The van der Waals surface area contributed by atoms with Crippen LogP contribution in [0.2, 0.25) is 0 Å². The summed E-state index contributed by atoms with van der Waals surface area (Å²) in [6, 6.07) is 0. The summed E-state index contributed by atoms with van der Waals surface area (Å²) in [4.78, 5) is 10.3. The van der Waals surface area contributed by atoms with Gasteiger partial charge in [0.05, 0.1) is 0 Å². The Hall–Kier alpha value is -1.05. The molecule has 0 saturated carbocycles. The monoisotopic (exact) mass is 252 g/mol. The van der Waals surface area contributed by atoms with Gasteiger partial charge in [0.15, 0.2) is 0 Å². The van der Waals surface area contributed by atoms with Crippen LogP contribution < -0.4 is 0 Å². The molecule has 2 heteroatoms. The van der Waals surface area contributed by atoms with Gasteiger partial charge in [-0.2, -0.15) is 0 Å². The zero-order chi connectivity index (χ0) is 13.5. The zero-order valence-electron chi connectivity index (χ0n) is 11.7. The van der Waals surface area contributed by atoms with E-state index in [9.17, 15) is 4.79 Å². The SMILES string of the molecule is CCCC=CCC=CCCCCCCCC(=O)O. The van der Waals surface area contributed by atoms with E-state index >= 15 is 0 Å². The van der Waals surface area contributed by atoms with Gasteiger partial charge in [-0.3, -0.25) is 4.79 Å². The van der Waals surface area contributed by atoms with Crippen molar-refractivity contribution in [1.29, 1.82) is 0 Å². The van der Waals surface area contributed by atoms with Crippen LogP contribution in [0.5, 0.6) is 0 Å². The zero-order valence-corrected chi connectivity index (χ0v) is 11.7. The molecule has 0 spiro atoms. The molecule has 0 aliphatic rings. The molecular weight excluding hydrogens is 224 g/mol. The fourth-order valence-corrected chi connectivity index (χ4v) is 1.74. The van der Waals surface area contributed by atoms with Gasteiger partial charge in [0.1, 0.15) is 0 Å². The lowest BCUT2D eigenvalue weighted by Gasteiger charge is -1.98. The number of aliphatic carboxylic acids is 1. The molecule has 0 aliphatic heterocycles. The maximum absolute atomic E-state index is 10.3. The van der Waals surface area contributed by atoms with Gasteiger partial charge in [-0.15, -0.1) is 0 Å². The molecule has 0 aromatic rings. The highest BCUT2D eigenvalue weighted by molar-refractivity contribution is 5.66. The molecule has 0 saturated heterocycles. The molecule has 0 heterocycles. The Morgan fingerprint density at radius 3 is 2.17 bits per heavy atom. The maximum Gasteiger partial charge on any atom is 0.303 e. The van der Waals surface area contributed by atoms with Crippen molar-refractivity contribution >= 4 is 5.97 Å². The van der Waals surface area contributed by atoms with Crippen LogP contribution in [-0.4, -0.2) is 11.1 Å². The van der Waals surface area contributed by atoms with Gasteiger partial charge in [0, 0.05) is 6.42 Å². The van der Waals surface area contributed by atoms with E-state index in [4.69, 9.17) is 5.11 Å². The van der Waals surface area contributed by atoms with E-state index in [1.165, 1.54) is 25.7 Å². The summed E-state index contributed by atoms with van der Waals surface area (Å²) in [6.45, 7) is 2.19. The number of carboxylic acid groups (broad SMARTS) is 1. The van der Waals surface area contributed by atoms with Crippen LogP contribution >= 0.6 is 0 Å². The van der Waals surface area contributed by atoms with Gasteiger partial charge in [0.25, 0.3) is 0 Å². The fourth-order valence-electron chi connectivity index (χ4n) is 1.74. The van der Waals surface area contributed by atoms with Crippen molar-refractivity contribution in [3.05, 3.63) is 24.3 Å². The highest BCUT2D eigenvalue weighted by atomic mass is 16.4. The lowest BCUT2D eigenvalue weighted by molar-refractivity contribution is -0.137. The summed E-state index contributed by atoms with van der Waals surface area (Å²) in [7, 11) is 0. The second kappa shape index (κ2) is 14.0. The minimum absolute atomic E-state index is 0.323. The highest BCUT2D eigenvalue weighted by Gasteiger charge is 1.95. The van der Waals surface area contributed by atoms with E-state index in [0.717, 1.165) is 32.1 Å². The number of hydrogen-bond acceptors (Lipinski definition) is 1. The van der Waals surface area contributed by atoms with E-state index < -0.39 is 5.97 Å². The van der Waals surface area contributed by atoms with Crippen molar-refractivity contribution in [2.75, 3.05) is 0 Å². The third-order valence-corrected chi connectivity index (χ3v) is 2.82. The molecule has 1 N–H and O–H groups in total. The normalized spacial score (nSPS) is 11.6. The maximum atomic E-state index is 10.3. The number of allylic oxidation sites excluding steroid dienone is 4. The molecule has 0 radical (unpaired) electrons. The number of rotatable bonds is 12. The third kappa shape index (κ3) is 14.9. The Bertz CT molecular complexity index is 241. The van der Waals surface area contributed by atoms with Crippen LogP contribution in [0.15, 0.2) is 24.3 Å². The number of hydrogen-bond donors (Lipinski definition) is 1. The van der Waals surface area contributed by atoms with Gasteiger partial charge in [-0.05, 0) is 32.1 Å². The second-order valence-electron chi connectivity index (χ2n) is 4.67. The minimum atomic E-state index is -0.672. The van der Waals surface area contributed by atoms with E-state index in [-0.39, 0.29) is 0 Å². The fraction of sp³-hybridized carbons (Fsp3) is 0.688. The molecule has 0 amide bonds. The molecule has 0 atom stereocenters. The summed E-state index contributed by atoms with van der Waals surface area (Å²) in [6.07, 6.45) is 19.4. The topological polar surface area (TPSA) is 37.3 Å². The Morgan fingerprint density at radius 2 is 1.50 bits per heavy atom. The summed E-state index contributed by atoms with van der Waals surface area (Å²) in [5, 5.41) is 8.48. The summed E-state index contributed by atoms with van der Waals surface area (Å²) in [5.74, 6) is -0.672. The van der Waals surface area contributed by atoms with Crippen LogP contribution in [-0.2, 0) is 4.79 Å². The molecule has 0 aliphatic carbocycles. The van der Waals surface area contributed by atoms with Crippen molar-refractivity contribution in [3.8, 4) is 0 Å². The molecule has 2 nitrogen and oxygen atoms in total. The molecule has 0 unspecified atom stereocenters. The largest absolute Gasteiger partial charge is 0.481 e. The summed E-state index contributed by atoms with van der Waals surface area (Å²) >= 11 is 0. The molecule has 0 aromatic carbocycles. The third-order valence-electron chi connectivity index (χ3n) is 2.82. The molecule has 0 rings (SSSR count). The van der Waals surface area contributed by atoms with Crippen molar-refractivity contribution in [3.63, 3.8) is 0 Å². The highest BCUT2D eigenvalue weighted by Crippen LogP contribution is 2.07. The first-order chi connectivity index (χ1) is 8.77. The molecule has 0 bridgehead atoms. The molecule has 0 fully saturated rings. The van der Waals surface area contributed by atoms with E-state index in [0.29, 0.717) is 6.42 Å². The first-order valence-corrected chi connectivity index (χ1v) is 7.29. The lowest BCUT2D eigenvalue weighted by atomic mass is 10.1. The average molecular weight is 252 g/mol. The molecular formula is C16H28O2. The van der Waals surface area contributed by atoms with E-state index in [2.05, 4.69) is 31.2 Å². The van der Waals surface area contributed by atoms with Crippen LogP contribution in [0.3, 0.4) is 0 Å². The lowest BCUT2D eigenvalue weighted by Crippen LogP contribution is -1.93. The number of unbranched alkanes of at least 4 members (excludes halogenated alkanes) is 6. The quantitative estimate of drug-likeness (QED) is 0.387. The Balaban J connectivity index is 3.15. The van der Waals surface area contributed by atoms with Gasteiger partial charge in [-0.25, -0.2) is 0 Å². The first-order valence-electron chi connectivity index (χ1n) is 7.29. The van der Waals surface area contributed by atoms with Crippen molar-refractivity contribution in [1.82, 2.24) is 0 Å². The molecule has 104 valence electrons. The van der Waals surface area contributed by atoms with Gasteiger partial charge >= 0.3 is 5.97 Å². The van der Waals surface area contributed by atoms with E-state index in [1.54, 1.807) is 0 Å². The van der Waals surface area contributed by atoms with Gasteiger partial charge in [0.2, 0.25) is 0 Å². The summed E-state index contributed by atoms with van der Waals surface area (Å²) < 4.78 is 0. The average Bonchev–Trinajstić information content (AvgIpc) is 2.34. The Labute approximate surface area is 112 Å². The predicted molar refractivity (Wildman–Crippen MR) is 77.8 cm³/mol. The molecule has 0 aromatic heterocycles. The van der Waals surface area contributed by atoms with Crippen LogP contribution in [0, 0.1) is 0 Å². The van der Waals surface area contributed by atoms with Crippen molar-refractivity contribution < 1.29 is 9.90 Å². The van der Waals surface area contributed by atoms with Crippen LogP contribution in [0.25, 0.3) is 0 Å². The van der Waals surface area contributed by atoms with Crippen LogP contribution in [0.1, 0.15) is 71.1 Å². The standard InChI is InChI=1S/C16H28O2/c1-2-3-4-5-6-7-8-9-10-11-12-13-14-15-16(17)18/h4-5,7-8H,2-3,6,9-15H2,1H3,(H,17,18). The Morgan fingerprint density at radius 1 is 0.889 bits per heavy atom. The minimum Gasteiger partial charge on any atom is -0.481 e. The number of carboxylic acids is 1. The Kier molecular flexibility index (Phi) is 13.2. The smallest absolute Gasteiger partial charge is 0.303 e. The van der Waals surface area contributed by atoms with Crippen molar-refractivity contribution in [2.24, 2.45) is 0 Å². The van der Waals surface area contributed by atoms with Gasteiger partial charge < -0.3 is 5.11 Å².